The van der Waals surface area contributed by atoms with Crippen LogP contribution in [0.2, 0.25) is 0 Å². The average Bonchev–Trinajstić information content (AvgIpc) is 2.89. The van der Waals surface area contributed by atoms with Crippen LogP contribution in [0.3, 0.4) is 0 Å². The molecule has 0 aliphatic carbocycles. The molecule has 2 rings (SSSR count). The Balaban J connectivity index is 2.25. The predicted molar refractivity (Wildman–Crippen MR) is 76.9 cm³/mol. The third-order valence-electron chi connectivity index (χ3n) is 3.58. The van der Waals surface area contributed by atoms with Gasteiger partial charge in [0.25, 0.3) is 10.0 Å². The van der Waals surface area contributed by atoms with Gasteiger partial charge in [0.05, 0.1) is 0 Å². The van der Waals surface area contributed by atoms with Crippen LogP contribution in [0.5, 0.6) is 0 Å². The Hall–Kier alpha value is -0.430. The van der Waals surface area contributed by atoms with Gasteiger partial charge in [0.1, 0.15) is 4.21 Å². The standard InChI is InChI=1S/C13H21NO3S2/c1-2-12-6-7-13(18-12)19(16,17)14-9-4-3-5-11(14)8-10-15/h6-7,11,15H,2-5,8-10H2,1H3. The smallest absolute Gasteiger partial charge is 0.252 e. The highest BCUT2D eigenvalue weighted by Crippen LogP contribution is 2.30. The third kappa shape index (κ3) is 3.18. The molecule has 1 aromatic rings. The summed E-state index contributed by atoms with van der Waals surface area (Å²) in [6.45, 7) is 2.64. The van der Waals surface area contributed by atoms with Gasteiger partial charge in [-0.15, -0.1) is 11.3 Å². The summed E-state index contributed by atoms with van der Waals surface area (Å²) in [4.78, 5) is 1.09. The number of thiophene rings is 1. The largest absolute Gasteiger partial charge is 0.396 e. The molecule has 0 aromatic carbocycles. The van der Waals surface area contributed by atoms with Crippen molar-refractivity contribution in [2.75, 3.05) is 13.2 Å². The highest BCUT2D eigenvalue weighted by Gasteiger charge is 2.33. The molecule has 1 aromatic heterocycles. The Morgan fingerprint density at radius 2 is 2.21 bits per heavy atom. The number of hydrogen-bond donors (Lipinski definition) is 1. The predicted octanol–water partition coefficient (Wildman–Crippen LogP) is 2.24. The van der Waals surface area contributed by atoms with Crippen LogP contribution in [0.15, 0.2) is 16.3 Å². The van der Waals surface area contributed by atoms with E-state index in [1.54, 1.807) is 10.4 Å². The molecule has 0 saturated carbocycles. The van der Waals surface area contributed by atoms with Crippen LogP contribution in [0.25, 0.3) is 0 Å². The topological polar surface area (TPSA) is 57.6 Å². The zero-order valence-corrected chi connectivity index (χ0v) is 12.8. The lowest BCUT2D eigenvalue weighted by molar-refractivity contribution is 0.193. The Morgan fingerprint density at radius 1 is 1.42 bits per heavy atom. The highest BCUT2D eigenvalue weighted by atomic mass is 32.2. The van der Waals surface area contributed by atoms with Crippen LogP contribution in [-0.4, -0.2) is 37.0 Å². The van der Waals surface area contributed by atoms with Crippen molar-refractivity contribution in [2.24, 2.45) is 0 Å². The van der Waals surface area contributed by atoms with Gasteiger partial charge in [0.15, 0.2) is 0 Å². The Morgan fingerprint density at radius 3 is 2.84 bits per heavy atom. The molecular weight excluding hydrogens is 282 g/mol. The maximum Gasteiger partial charge on any atom is 0.252 e. The average molecular weight is 303 g/mol. The van der Waals surface area contributed by atoms with Crippen molar-refractivity contribution in [1.29, 1.82) is 0 Å². The molecule has 108 valence electrons. The van der Waals surface area contributed by atoms with E-state index in [0.29, 0.717) is 17.2 Å². The SMILES string of the molecule is CCc1ccc(S(=O)(=O)N2CCCCC2CCO)s1. The molecule has 1 N–H and O–H groups in total. The van der Waals surface area contributed by atoms with Crippen LogP contribution in [-0.2, 0) is 16.4 Å². The van der Waals surface area contributed by atoms with E-state index >= 15 is 0 Å². The minimum Gasteiger partial charge on any atom is -0.396 e. The van der Waals surface area contributed by atoms with Crippen LogP contribution < -0.4 is 0 Å². The van der Waals surface area contributed by atoms with Crippen molar-refractivity contribution in [3.05, 3.63) is 17.0 Å². The molecule has 6 heteroatoms. The van der Waals surface area contributed by atoms with Crippen LogP contribution in [0.4, 0.5) is 0 Å². The summed E-state index contributed by atoms with van der Waals surface area (Å²) in [6.07, 6.45) is 4.20. The summed E-state index contributed by atoms with van der Waals surface area (Å²) in [5.74, 6) is 0. The zero-order chi connectivity index (χ0) is 13.9. The number of aliphatic hydroxyl groups excluding tert-OH is 1. The van der Waals surface area contributed by atoms with Crippen molar-refractivity contribution in [3.63, 3.8) is 0 Å². The molecule has 0 amide bonds. The molecule has 1 aliphatic rings. The van der Waals surface area contributed by atoms with Gasteiger partial charge in [0.2, 0.25) is 0 Å². The van der Waals surface area contributed by atoms with E-state index in [-0.39, 0.29) is 12.6 Å². The molecule has 2 heterocycles. The molecule has 1 unspecified atom stereocenters. The molecule has 1 aliphatic heterocycles. The number of nitrogens with zero attached hydrogens (tertiary/aromatic N) is 1. The highest BCUT2D eigenvalue weighted by molar-refractivity contribution is 7.91. The number of aliphatic hydroxyl groups is 1. The van der Waals surface area contributed by atoms with Crippen LogP contribution in [0, 0.1) is 0 Å². The van der Waals surface area contributed by atoms with Crippen molar-refractivity contribution in [3.8, 4) is 0 Å². The van der Waals surface area contributed by atoms with E-state index in [1.165, 1.54) is 11.3 Å². The maximum absolute atomic E-state index is 12.7. The molecule has 1 saturated heterocycles. The first-order chi connectivity index (χ1) is 9.09. The fraction of sp³-hybridized carbons (Fsp3) is 0.692. The van der Waals surface area contributed by atoms with Crippen LogP contribution >= 0.6 is 11.3 Å². The molecule has 0 spiro atoms. The first-order valence-corrected chi connectivity index (χ1v) is 9.06. The minimum absolute atomic E-state index is 0.0430. The first-order valence-electron chi connectivity index (χ1n) is 6.81. The second kappa shape index (κ2) is 6.35. The number of rotatable bonds is 5. The quantitative estimate of drug-likeness (QED) is 0.907. The summed E-state index contributed by atoms with van der Waals surface area (Å²) in [6, 6.07) is 3.56. The lowest BCUT2D eigenvalue weighted by Gasteiger charge is -2.34. The molecule has 19 heavy (non-hydrogen) atoms. The van der Waals surface area contributed by atoms with E-state index in [9.17, 15) is 8.42 Å². The summed E-state index contributed by atoms with van der Waals surface area (Å²) in [5, 5.41) is 9.10. The number of sulfonamides is 1. The van der Waals surface area contributed by atoms with E-state index in [1.807, 2.05) is 13.0 Å². The van der Waals surface area contributed by atoms with Gasteiger partial charge >= 0.3 is 0 Å². The fourth-order valence-corrected chi connectivity index (χ4v) is 5.68. The maximum atomic E-state index is 12.7. The van der Waals surface area contributed by atoms with Crippen molar-refractivity contribution < 1.29 is 13.5 Å². The number of piperidine rings is 1. The van der Waals surface area contributed by atoms with Gasteiger partial charge in [-0.2, -0.15) is 4.31 Å². The second-order valence-electron chi connectivity index (χ2n) is 4.85. The Labute approximate surface area is 119 Å². The molecule has 0 radical (unpaired) electrons. The lowest BCUT2D eigenvalue weighted by Crippen LogP contribution is -2.43. The van der Waals surface area contributed by atoms with Gasteiger partial charge in [-0.05, 0) is 37.8 Å². The van der Waals surface area contributed by atoms with Crippen LogP contribution in [0.1, 0.15) is 37.5 Å². The fourth-order valence-electron chi connectivity index (χ4n) is 2.53. The lowest BCUT2D eigenvalue weighted by atomic mass is 10.0. The summed E-state index contributed by atoms with van der Waals surface area (Å²) < 4.78 is 27.3. The Bertz CT molecular complexity index is 508. The number of aryl methyl sites for hydroxylation is 1. The van der Waals surface area contributed by atoms with E-state index in [4.69, 9.17) is 5.11 Å². The molecular formula is C13H21NO3S2. The summed E-state index contributed by atoms with van der Waals surface area (Å²) >= 11 is 1.36. The third-order valence-corrected chi connectivity index (χ3v) is 7.23. The normalized spacial score (nSPS) is 21.7. The Kier molecular flexibility index (Phi) is 5.00. The van der Waals surface area contributed by atoms with Gasteiger partial charge in [-0.3, -0.25) is 0 Å². The van der Waals surface area contributed by atoms with E-state index < -0.39 is 10.0 Å². The monoisotopic (exact) mass is 303 g/mol. The first kappa shape index (κ1) is 15.0. The molecule has 4 nitrogen and oxygen atoms in total. The van der Waals surface area contributed by atoms with Crippen molar-refractivity contribution in [2.45, 2.75) is 49.3 Å². The van der Waals surface area contributed by atoms with Gasteiger partial charge in [-0.1, -0.05) is 13.3 Å². The van der Waals surface area contributed by atoms with Crippen molar-refractivity contribution >= 4 is 21.4 Å². The van der Waals surface area contributed by atoms with Crippen molar-refractivity contribution in [1.82, 2.24) is 4.31 Å². The summed E-state index contributed by atoms with van der Waals surface area (Å²) in [5.41, 5.74) is 0. The molecule has 0 bridgehead atoms. The zero-order valence-electron chi connectivity index (χ0n) is 11.2. The number of hydrogen-bond acceptors (Lipinski definition) is 4. The van der Waals surface area contributed by atoms with E-state index in [0.717, 1.165) is 30.6 Å². The van der Waals surface area contributed by atoms with Gasteiger partial charge in [-0.25, -0.2) is 8.42 Å². The molecule has 1 atom stereocenters. The summed E-state index contributed by atoms with van der Waals surface area (Å²) in [7, 11) is -3.38. The van der Waals surface area contributed by atoms with Gasteiger partial charge < -0.3 is 5.11 Å². The molecule has 1 fully saturated rings. The van der Waals surface area contributed by atoms with Gasteiger partial charge in [0, 0.05) is 24.1 Å². The second-order valence-corrected chi connectivity index (χ2v) is 8.14. The minimum atomic E-state index is -3.38. The van der Waals surface area contributed by atoms with E-state index in [2.05, 4.69) is 0 Å².